The van der Waals surface area contributed by atoms with E-state index in [1.54, 1.807) is 20.8 Å². The lowest BCUT2D eigenvalue weighted by Crippen LogP contribution is -2.33. The highest BCUT2D eigenvalue weighted by Gasteiger charge is 2.16. The lowest BCUT2D eigenvalue weighted by Gasteiger charge is -2.19. The van der Waals surface area contributed by atoms with E-state index < -0.39 is 21.5 Å². The molecule has 0 heterocycles. The summed E-state index contributed by atoms with van der Waals surface area (Å²) in [4.78, 5) is 11.0. The summed E-state index contributed by atoms with van der Waals surface area (Å²) in [7, 11) is -2.83. The average molecular weight is 245 g/mol. The summed E-state index contributed by atoms with van der Waals surface area (Å²) in [5.74, 6) is -0.505. The number of nitrogens with one attached hydrogen (secondary N) is 2. The summed E-state index contributed by atoms with van der Waals surface area (Å²) in [5, 5.41) is 0. The van der Waals surface area contributed by atoms with Gasteiger partial charge < -0.3 is 4.74 Å². The second kappa shape index (κ2) is 5.53. The number of ether oxygens (including phenoxy) is 1. The first-order valence-electron chi connectivity index (χ1n) is 3.80. The van der Waals surface area contributed by atoms with E-state index in [0.29, 0.717) is 0 Å². The van der Waals surface area contributed by atoms with Crippen molar-refractivity contribution in [2.24, 2.45) is 0 Å². The molecular weight excluding hydrogens is 228 g/mol. The van der Waals surface area contributed by atoms with Crippen molar-refractivity contribution in [3.8, 4) is 0 Å². The Bertz CT molecular complexity index is 282. The Hall–Kier alpha value is -0.330. The molecule has 0 spiro atoms. The number of rotatable bonds is 3. The molecular formula is C7H17ClN2O3S. The summed E-state index contributed by atoms with van der Waals surface area (Å²) >= 11 is 0. The molecule has 7 heteroatoms. The van der Waals surface area contributed by atoms with E-state index in [0.717, 1.165) is 0 Å². The molecule has 0 radical (unpaired) electrons. The van der Waals surface area contributed by atoms with Crippen molar-refractivity contribution >= 4 is 28.3 Å². The van der Waals surface area contributed by atoms with Crippen LogP contribution >= 0.6 is 12.4 Å². The van der Waals surface area contributed by atoms with Gasteiger partial charge in [-0.05, 0) is 20.8 Å². The zero-order chi connectivity index (χ0) is 10.7. The lowest BCUT2D eigenvalue weighted by atomic mass is 10.2. The van der Waals surface area contributed by atoms with E-state index in [2.05, 4.69) is 4.72 Å². The van der Waals surface area contributed by atoms with Crippen molar-refractivity contribution in [2.45, 2.75) is 26.4 Å². The highest BCUT2D eigenvalue weighted by Crippen LogP contribution is 2.06. The Morgan fingerprint density at radius 2 is 1.93 bits per heavy atom. The molecule has 0 aromatic heterocycles. The highest BCUT2D eigenvalue weighted by atomic mass is 35.5. The molecule has 0 rings (SSSR count). The second-order valence-electron chi connectivity index (χ2n) is 3.75. The Balaban J connectivity index is 0. The van der Waals surface area contributed by atoms with Crippen LogP contribution in [0, 0.1) is 4.78 Å². The normalized spacial score (nSPS) is 15.1. The van der Waals surface area contributed by atoms with E-state index >= 15 is 0 Å². The fraction of sp³-hybridized carbons (Fsp3) is 0.857. The maximum atomic E-state index is 11.0. The Kier molecular flexibility index (Phi) is 6.36. The van der Waals surface area contributed by atoms with Gasteiger partial charge in [0, 0.05) is 6.26 Å². The monoisotopic (exact) mass is 244 g/mol. The van der Waals surface area contributed by atoms with Gasteiger partial charge in [-0.2, -0.15) is 0 Å². The van der Waals surface area contributed by atoms with Crippen molar-refractivity contribution < 1.29 is 13.7 Å². The molecule has 0 amide bonds. The number of esters is 1. The van der Waals surface area contributed by atoms with Gasteiger partial charge in [0.15, 0.2) is 0 Å². The molecule has 0 aliphatic rings. The average Bonchev–Trinajstić information content (AvgIpc) is 1.78. The molecule has 1 unspecified atom stereocenters. The van der Waals surface area contributed by atoms with E-state index in [-0.39, 0.29) is 19.0 Å². The molecule has 0 bridgehead atoms. The first kappa shape index (κ1) is 16.1. The fourth-order valence-electron chi connectivity index (χ4n) is 0.574. The summed E-state index contributed by atoms with van der Waals surface area (Å²) in [6, 6.07) is 0. The van der Waals surface area contributed by atoms with Gasteiger partial charge in [-0.25, -0.2) is 13.7 Å². The van der Waals surface area contributed by atoms with Crippen LogP contribution in [0.5, 0.6) is 0 Å². The summed E-state index contributed by atoms with van der Waals surface area (Å²) in [5.41, 5.74) is -0.546. The van der Waals surface area contributed by atoms with Crippen molar-refractivity contribution in [1.29, 1.82) is 4.78 Å². The maximum absolute atomic E-state index is 11.0. The number of hydrogen-bond donors (Lipinski definition) is 2. The van der Waals surface area contributed by atoms with Crippen LogP contribution in [0.25, 0.3) is 0 Å². The molecule has 2 N–H and O–H groups in total. The van der Waals surface area contributed by atoms with Crippen molar-refractivity contribution in [2.75, 3.05) is 12.8 Å². The maximum Gasteiger partial charge on any atom is 0.321 e. The highest BCUT2D eigenvalue weighted by molar-refractivity contribution is 7.89. The minimum atomic E-state index is -2.83. The molecule has 86 valence electrons. The van der Waals surface area contributed by atoms with Crippen molar-refractivity contribution in [1.82, 2.24) is 4.72 Å². The molecule has 0 fully saturated rings. The summed E-state index contributed by atoms with van der Waals surface area (Å²) in [6.07, 6.45) is 1.21. The number of halogens is 1. The van der Waals surface area contributed by atoms with Crippen LogP contribution in [0.15, 0.2) is 0 Å². The SMILES string of the molecule is CC(C)(C)OC(=O)CNS(C)(=N)=O.Cl. The van der Waals surface area contributed by atoms with Crippen LogP contribution in [-0.4, -0.2) is 28.6 Å². The first-order chi connectivity index (χ1) is 5.60. The van der Waals surface area contributed by atoms with Crippen LogP contribution in [0.1, 0.15) is 20.8 Å². The van der Waals surface area contributed by atoms with Gasteiger partial charge >= 0.3 is 5.97 Å². The van der Waals surface area contributed by atoms with E-state index in [1.807, 2.05) is 0 Å². The molecule has 0 saturated heterocycles. The number of carbonyl (C=O) groups is 1. The Morgan fingerprint density at radius 3 is 2.21 bits per heavy atom. The molecule has 0 aromatic rings. The van der Waals surface area contributed by atoms with Crippen LogP contribution in [0.2, 0.25) is 0 Å². The van der Waals surface area contributed by atoms with Gasteiger partial charge in [0.2, 0.25) is 0 Å². The smallest absolute Gasteiger partial charge is 0.321 e. The molecule has 1 atom stereocenters. The van der Waals surface area contributed by atoms with Gasteiger partial charge in [0.05, 0.1) is 0 Å². The topological polar surface area (TPSA) is 79.2 Å². The predicted octanol–water partition coefficient (Wildman–Crippen LogP) is 0.931. The number of carbonyl (C=O) groups excluding carboxylic acids is 1. The van der Waals surface area contributed by atoms with Gasteiger partial charge in [-0.15, -0.1) is 12.4 Å². The molecule has 0 saturated carbocycles. The standard InChI is InChI=1S/C7H16N2O3S.ClH/c1-7(2,3)12-6(10)5-9-13(4,8)11;/h5H2,1-4H3,(H2,8,9,11);1H. The van der Waals surface area contributed by atoms with E-state index in [1.165, 1.54) is 6.26 Å². The predicted molar refractivity (Wildman–Crippen MR) is 57.9 cm³/mol. The Morgan fingerprint density at radius 1 is 1.50 bits per heavy atom. The largest absolute Gasteiger partial charge is 0.459 e. The van der Waals surface area contributed by atoms with Crippen molar-refractivity contribution in [3.05, 3.63) is 0 Å². The molecule has 0 aliphatic carbocycles. The zero-order valence-corrected chi connectivity index (χ0v) is 10.4. The fourth-order valence-corrected chi connectivity index (χ4v) is 0.968. The van der Waals surface area contributed by atoms with Crippen LogP contribution in [-0.2, 0) is 19.4 Å². The van der Waals surface area contributed by atoms with Gasteiger partial charge in [-0.1, -0.05) is 0 Å². The molecule has 14 heavy (non-hydrogen) atoms. The van der Waals surface area contributed by atoms with E-state index in [4.69, 9.17) is 9.52 Å². The van der Waals surface area contributed by atoms with Crippen LogP contribution in [0.3, 0.4) is 0 Å². The minimum absolute atomic E-state index is 0. The Labute approximate surface area is 91.1 Å². The number of hydrogen-bond acceptors (Lipinski definition) is 4. The summed E-state index contributed by atoms with van der Waals surface area (Å²) in [6.45, 7) is 5.04. The van der Waals surface area contributed by atoms with Crippen LogP contribution in [0.4, 0.5) is 0 Å². The zero-order valence-electron chi connectivity index (χ0n) is 8.75. The molecule has 0 aliphatic heterocycles. The minimum Gasteiger partial charge on any atom is -0.459 e. The van der Waals surface area contributed by atoms with Gasteiger partial charge in [-0.3, -0.25) is 4.79 Å². The van der Waals surface area contributed by atoms with Gasteiger partial charge in [0.25, 0.3) is 0 Å². The second-order valence-corrected chi connectivity index (χ2v) is 5.73. The van der Waals surface area contributed by atoms with E-state index in [9.17, 15) is 9.00 Å². The first-order valence-corrected chi connectivity index (χ1v) is 5.77. The van der Waals surface area contributed by atoms with Crippen molar-refractivity contribution in [3.63, 3.8) is 0 Å². The lowest BCUT2D eigenvalue weighted by molar-refractivity contribution is -0.153. The third kappa shape index (κ3) is 11.7. The third-order valence-corrected chi connectivity index (χ3v) is 1.61. The summed E-state index contributed by atoms with van der Waals surface area (Å²) < 4.78 is 25.0. The third-order valence-electron chi connectivity index (χ3n) is 0.912. The molecule has 0 aromatic carbocycles. The van der Waals surface area contributed by atoms with Gasteiger partial charge in [0.1, 0.15) is 22.1 Å². The molecule has 5 nitrogen and oxygen atoms in total. The quantitative estimate of drug-likeness (QED) is 0.725. The van der Waals surface area contributed by atoms with Crippen LogP contribution < -0.4 is 4.72 Å².